The molecule has 1 unspecified atom stereocenters. The molecule has 1 aliphatic heterocycles. The highest BCUT2D eigenvalue weighted by Crippen LogP contribution is 2.47. The minimum absolute atomic E-state index is 0.0511. The molecule has 1 saturated heterocycles. The fourth-order valence-corrected chi connectivity index (χ4v) is 3.33. The van der Waals surface area contributed by atoms with E-state index in [0.717, 1.165) is 50.8 Å². The number of aryl methyl sites for hydroxylation is 1. The summed E-state index contributed by atoms with van der Waals surface area (Å²) in [5.74, 6) is 0.765. The number of rotatable bonds is 4. The second-order valence-corrected chi connectivity index (χ2v) is 6.99. The zero-order valence-corrected chi connectivity index (χ0v) is 12.8. The van der Waals surface area contributed by atoms with Crippen LogP contribution in [-0.2, 0) is 11.2 Å². The Morgan fingerprint density at radius 3 is 2.95 bits per heavy atom. The van der Waals surface area contributed by atoms with Crippen LogP contribution in [0.25, 0.3) is 0 Å². The molecular weight excluding hydrogens is 265 g/mol. The lowest BCUT2D eigenvalue weighted by Gasteiger charge is -2.34. The second-order valence-electron chi connectivity index (χ2n) is 6.99. The van der Waals surface area contributed by atoms with Crippen molar-refractivity contribution in [3.63, 3.8) is 0 Å². The van der Waals surface area contributed by atoms with Crippen molar-refractivity contribution in [3.8, 4) is 0 Å². The summed E-state index contributed by atoms with van der Waals surface area (Å²) in [6, 6.07) is 6.87. The van der Waals surface area contributed by atoms with Gasteiger partial charge in [-0.1, -0.05) is 19.1 Å². The first-order valence-corrected chi connectivity index (χ1v) is 8.11. The Morgan fingerprint density at radius 2 is 2.24 bits per heavy atom. The number of halogens is 1. The molecular formula is C18H24FNO. The lowest BCUT2D eigenvalue weighted by Crippen LogP contribution is -2.43. The molecule has 2 fully saturated rings. The monoisotopic (exact) mass is 289 g/mol. The van der Waals surface area contributed by atoms with Crippen LogP contribution in [-0.4, -0.2) is 23.9 Å². The van der Waals surface area contributed by atoms with Crippen molar-refractivity contribution in [2.75, 3.05) is 13.1 Å². The zero-order valence-electron chi connectivity index (χ0n) is 12.8. The van der Waals surface area contributed by atoms with Crippen LogP contribution in [0.5, 0.6) is 0 Å². The predicted molar refractivity (Wildman–Crippen MR) is 81.4 cm³/mol. The van der Waals surface area contributed by atoms with Crippen LogP contribution in [0.2, 0.25) is 0 Å². The summed E-state index contributed by atoms with van der Waals surface area (Å²) < 4.78 is 13.2. The van der Waals surface area contributed by atoms with E-state index < -0.39 is 0 Å². The molecule has 0 bridgehead atoms. The third-order valence-electron chi connectivity index (χ3n) is 5.05. The molecule has 21 heavy (non-hydrogen) atoms. The van der Waals surface area contributed by atoms with Crippen molar-refractivity contribution in [1.82, 2.24) is 4.90 Å². The van der Waals surface area contributed by atoms with Crippen LogP contribution in [0.15, 0.2) is 24.3 Å². The van der Waals surface area contributed by atoms with Crippen molar-refractivity contribution in [2.45, 2.75) is 45.4 Å². The standard InChI is InChI=1S/C18H24FNO/c1-18(9-10-18)17(21)20-11-3-5-15(13-20)8-7-14-4-2-6-16(19)12-14/h2,4,6,12,15H,3,5,7-11,13H2,1H3. The number of carbonyl (C=O) groups is 1. The fourth-order valence-electron chi connectivity index (χ4n) is 3.33. The van der Waals surface area contributed by atoms with E-state index in [1.807, 2.05) is 6.07 Å². The van der Waals surface area contributed by atoms with Crippen LogP contribution in [0.3, 0.4) is 0 Å². The summed E-state index contributed by atoms with van der Waals surface area (Å²) in [5.41, 5.74) is 1.01. The van der Waals surface area contributed by atoms with Crippen LogP contribution in [0, 0.1) is 17.2 Å². The number of hydrogen-bond donors (Lipinski definition) is 0. The van der Waals surface area contributed by atoms with Crippen LogP contribution in [0.4, 0.5) is 4.39 Å². The molecule has 1 aromatic rings. The highest BCUT2D eigenvalue weighted by Gasteiger charge is 2.47. The molecule has 0 spiro atoms. The quantitative estimate of drug-likeness (QED) is 0.825. The molecule has 3 rings (SSSR count). The van der Waals surface area contributed by atoms with E-state index in [-0.39, 0.29) is 11.2 Å². The molecule has 114 valence electrons. The maximum absolute atomic E-state index is 13.2. The molecule has 1 saturated carbocycles. The van der Waals surface area contributed by atoms with Gasteiger partial charge < -0.3 is 4.90 Å². The minimum Gasteiger partial charge on any atom is -0.342 e. The molecule has 2 nitrogen and oxygen atoms in total. The normalized spacial score (nSPS) is 23.9. The number of nitrogens with zero attached hydrogens (tertiary/aromatic N) is 1. The van der Waals surface area contributed by atoms with Gasteiger partial charge in [0.1, 0.15) is 5.82 Å². The summed E-state index contributed by atoms with van der Waals surface area (Å²) in [4.78, 5) is 14.5. The van der Waals surface area contributed by atoms with Gasteiger partial charge in [0.05, 0.1) is 0 Å². The second kappa shape index (κ2) is 5.78. The largest absolute Gasteiger partial charge is 0.342 e. The first kappa shape index (κ1) is 14.6. The molecule has 1 atom stereocenters. The molecule has 1 heterocycles. The molecule has 0 aromatic heterocycles. The molecule has 1 amide bonds. The van der Waals surface area contributed by atoms with Crippen molar-refractivity contribution < 1.29 is 9.18 Å². The van der Waals surface area contributed by atoms with Gasteiger partial charge >= 0.3 is 0 Å². The van der Waals surface area contributed by atoms with Gasteiger partial charge in [0.15, 0.2) is 0 Å². The van der Waals surface area contributed by atoms with Gasteiger partial charge in [0, 0.05) is 18.5 Å². The lowest BCUT2D eigenvalue weighted by molar-refractivity contribution is -0.138. The SMILES string of the molecule is CC1(C(=O)N2CCCC(CCc3cccc(F)c3)C2)CC1. The zero-order chi connectivity index (χ0) is 14.9. The maximum atomic E-state index is 13.2. The van der Waals surface area contributed by atoms with Crippen molar-refractivity contribution >= 4 is 5.91 Å². The average molecular weight is 289 g/mol. The maximum Gasteiger partial charge on any atom is 0.228 e. The van der Waals surface area contributed by atoms with Crippen LogP contribution >= 0.6 is 0 Å². The van der Waals surface area contributed by atoms with Crippen LogP contribution < -0.4 is 0 Å². The first-order chi connectivity index (χ1) is 10.1. The summed E-state index contributed by atoms with van der Waals surface area (Å²) in [7, 11) is 0. The topological polar surface area (TPSA) is 20.3 Å². The van der Waals surface area contributed by atoms with E-state index in [9.17, 15) is 9.18 Å². The van der Waals surface area contributed by atoms with Gasteiger partial charge in [-0.25, -0.2) is 4.39 Å². The smallest absolute Gasteiger partial charge is 0.228 e. The molecule has 2 aliphatic rings. The molecule has 0 radical (unpaired) electrons. The van der Waals surface area contributed by atoms with E-state index in [1.54, 1.807) is 12.1 Å². The Bertz CT molecular complexity index is 524. The highest BCUT2D eigenvalue weighted by atomic mass is 19.1. The minimum atomic E-state index is -0.158. The third-order valence-corrected chi connectivity index (χ3v) is 5.05. The Kier molecular flexibility index (Phi) is 4.01. The van der Waals surface area contributed by atoms with Crippen molar-refractivity contribution in [2.24, 2.45) is 11.3 Å². The third kappa shape index (κ3) is 3.45. The van der Waals surface area contributed by atoms with Gasteiger partial charge in [-0.05, 0) is 62.1 Å². The Labute approximate surface area is 126 Å². The average Bonchev–Trinajstić information content (AvgIpc) is 3.24. The first-order valence-electron chi connectivity index (χ1n) is 8.11. The van der Waals surface area contributed by atoms with Crippen molar-refractivity contribution in [3.05, 3.63) is 35.6 Å². The van der Waals surface area contributed by atoms with Gasteiger partial charge in [-0.3, -0.25) is 4.79 Å². The predicted octanol–water partition coefficient (Wildman–Crippen LogP) is 3.80. The number of benzene rings is 1. The molecule has 1 aromatic carbocycles. The summed E-state index contributed by atoms with van der Waals surface area (Å²) in [6.45, 7) is 3.90. The van der Waals surface area contributed by atoms with Gasteiger partial charge in [-0.2, -0.15) is 0 Å². The molecule has 3 heteroatoms. The molecule has 0 N–H and O–H groups in total. The van der Waals surface area contributed by atoms with E-state index in [1.165, 1.54) is 12.5 Å². The fraction of sp³-hybridized carbons (Fsp3) is 0.611. The number of hydrogen-bond acceptors (Lipinski definition) is 1. The van der Waals surface area contributed by atoms with Crippen molar-refractivity contribution in [1.29, 1.82) is 0 Å². The van der Waals surface area contributed by atoms with Crippen LogP contribution in [0.1, 0.15) is 44.6 Å². The summed E-state index contributed by atoms with van der Waals surface area (Å²) in [5, 5.41) is 0. The molecule has 1 aliphatic carbocycles. The Morgan fingerprint density at radius 1 is 1.43 bits per heavy atom. The highest BCUT2D eigenvalue weighted by molar-refractivity contribution is 5.85. The van der Waals surface area contributed by atoms with E-state index in [2.05, 4.69) is 11.8 Å². The lowest BCUT2D eigenvalue weighted by atomic mass is 9.91. The number of piperidine rings is 1. The van der Waals surface area contributed by atoms with E-state index in [0.29, 0.717) is 11.8 Å². The van der Waals surface area contributed by atoms with Gasteiger partial charge in [0.25, 0.3) is 0 Å². The summed E-state index contributed by atoms with van der Waals surface area (Å²) >= 11 is 0. The number of carbonyl (C=O) groups excluding carboxylic acids is 1. The number of likely N-dealkylation sites (tertiary alicyclic amines) is 1. The van der Waals surface area contributed by atoms with Gasteiger partial charge in [-0.15, -0.1) is 0 Å². The summed E-state index contributed by atoms with van der Waals surface area (Å²) in [6.07, 6.45) is 6.35. The van der Waals surface area contributed by atoms with Gasteiger partial charge in [0.2, 0.25) is 5.91 Å². The Hall–Kier alpha value is -1.38. The van der Waals surface area contributed by atoms with E-state index >= 15 is 0 Å². The number of amides is 1. The Balaban J connectivity index is 1.53. The van der Waals surface area contributed by atoms with E-state index in [4.69, 9.17) is 0 Å².